The van der Waals surface area contributed by atoms with E-state index in [2.05, 4.69) is 20.8 Å². The number of aryl methyl sites for hydroxylation is 2. The molecule has 2 nitrogen and oxygen atoms in total. The van der Waals surface area contributed by atoms with Crippen LogP contribution in [0.1, 0.15) is 38.3 Å². The van der Waals surface area contributed by atoms with Crippen LogP contribution in [0.3, 0.4) is 0 Å². The summed E-state index contributed by atoms with van der Waals surface area (Å²) in [7, 11) is 1.69. The van der Waals surface area contributed by atoms with Gasteiger partial charge in [0.1, 0.15) is 17.1 Å². The Bertz CT molecular complexity index is 367. The first-order chi connectivity index (χ1) is 7.39. The predicted octanol–water partition coefficient (Wildman–Crippen LogP) is 3.88. The van der Waals surface area contributed by atoms with Crippen LogP contribution < -0.4 is 9.47 Å². The largest absolute Gasteiger partial charge is 0.496 e. The zero-order chi connectivity index (χ0) is 12.3. The van der Waals surface area contributed by atoms with Crippen LogP contribution in [0.5, 0.6) is 11.5 Å². The standard InChI is InChI=1S/C14H22O2/c1-7-14(4,5)16-13-9-10(2)12(15-6)8-11(13)3/h8-9H,7H2,1-6H3. The second-order valence-electron chi connectivity index (χ2n) is 4.80. The Balaban J connectivity index is 3.02. The Labute approximate surface area is 98.6 Å². The number of benzene rings is 1. The molecule has 0 N–H and O–H groups in total. The van der Waals surface area contributed by atoms with Crippen LogP contribution in [-0.2, 0) is 0 Å². The SMILES string of the molecule is CCC(C)(C)Oc1cc(C)c(OC)cc1C. The molecule has 0 aliphatic heterocycles. The highest BCUT2D eigenvalue weighted by molar-refractivity contribution is 5.45. The average molecular weight is 222 g/mol. The number of rotatable bonds is 4. The van der Waals surface area contributed by atoms with Crippen molar-refractivity contribution in [2.24, 2.45) is 0 Å². The van der Waals surface area contributed by atoms with Crippen LogP contribution >= 0.6 is 0 Å². The minimum atomic E-state index is -0.119. The summed E-state index contributed by atoms with van der Waals surface area (Å²) in [5.74, 6) is 1.87. The average Bonchev–Trinajstić information content (AvgIpc) is 2.22. The van der Waals surface area contributed by atoms with Crippen molar-refractivity contribution in [3.63, 3.8) is 0 Å². The smallest absolute Gasteiger partial charge is 0.123 e. The Morgan fingerprint density at radius 1 is 1.06 bits per heavy atom. The molecule has 0 amide bonds. The maximum Gasteiger partial charge on any atom is 0.123 e. The van der Waals surface area contributed by atoms with Crippen molar-refractivity contribution in [1.82, 2.24) is 0 Å². The molecule has 2 heteroatoms. The van der Waals surface area contributed by atoms with Gasteiger partial charge in [0, 0.05) is 0 Å². The predicted molar refractivity (Wildman–Crippen MR) is 67.5 cm³/mol. The molecule has 16 heavy (non-hydrogen) atoms. The molecule has 0 heterocycles. The van der Waals surface area contributed by atoms with Crippen molar-refractivity contribution in [1.29, 1.82) is 0 Å². The Morgan fingerprint density at radius 3 is 2.06 bits per heavy atom. The van der Waals surface area contributed by atoms with Gasteiger partial charge in [-0.3, -0.25) is 0 Å². The molecule has 0 fully saturated rings. The lowest BCUT2D eigenvalue weighted by Gasteiger charge is -2.26. The molecular formula is C14H22O2. The zero-order valence-corrected chi connectivity index (χ0v) is 11.2. The molecule has 1 aromatic carbocycles. The van der Waals surface area contributed by atoms with E-state index in [1.54, 1.807) is 7.11 Å². The topological polar surface area (TPSA) is 18.5 Å². The van der Waals surface area contributed by atoms with Gasteiger partial charge in [-0.05, 0) is 57.4 Å². The van der Waals surface area contributed by atoms with Gasteiger partial charge in [-0.1, -0.05) is 6.92 Å². The molecule has 0 aliphatic carbocycles. The lowest BCUT2D eigenvalue weighted by Crippen LogP contribution is -2.27. The van der Waals surface area contributed by atoms with E-state index >= 15 is 0 Å². The number of methoxy groups -OCH3 is 1. The summed E-state index contributed by atoms with van der Waals surface area (Å²) in [6.45, 7) is 10.4. The summed E-state index contributed by atoms with van der Waals surface area (Å²) in [5.41, 5.74) is 2.10. The molecule has 90 valence electrons. The first-order valence-corrected chi connectivity index (χ1v) is 5.74. The second kappa shape index (κ2) is 4.77. The van der Waals surface area contributed by atoms with E-state index in [0.717, 1.165) is 29.0 Å². The maximum absolute atomic E-state index is 6.01. The highest BCUT2D eigenvalue weighted by Gasteiger charge is 2.18. The number of hydrogen-bond donors (Lipinski definition) is 0. The number of ether oxygens (including phenoxy) is 2. The van der Waals surface area contributed by atoms with Gasteiger partial charge in [-0.2, -0.15) is 0 Å². The lowest BCUT2D eigenvalue weighted by molar-refractivity contribution is 0.104. The van der Waals surface area contributed by atoms with Crippen molar-refractivity contribution in [2.45, 2.75) is 46.6 Å². The third-order valence-corrected chi connectivity index (χ3v) is 2.93. The number of hydrogen-bond acceptors (Lipinski definition) is 2. The van der Waals surface area contributed by atoms with Crippen LogP contribution in [0.2, 0.25) is 0 Å². The molecule has 0 aromatic heterocycles. The van der Waals surface area contributed by atoms with Crippen molar-refractivity contribution in [3.8, 4) is 11.5 Å². The van der Waals surface area contributed by atoms with Crippen LogP contribution in [0.25, 0.3) is 0 Å². The van der Waals surface area contributed by atoms with Gasteiger partial charge >= 0.3 is 0 Å². The maximum atomic E-state index is 6.01. The fourth-order valence-corrected chi connectivity index (χ4v) is 1.46. The molecule has 0 saturated carbocycles. The van der Waals surface area contributed by atoms with Crippen molar-refractivity contribution in [3.05, 3.63) is 23.3 Å². The molecular weight excluding hydrogens is 200 g/mol. The Morgan fingerprint density at radius 2 is 1.56 bits per heavy atom. The van der Waals surface area contributed by atoms with Gasteiger partial charge in [-0.25, -0.2) is 0 Å². The summed E-state index contributed by atoms with van der Waals surface area (Å²) < 4.78 is 11.3. The van der Waals surface area contributed by atoms with Crippen molar-refractivity contribution in [2.75, 3.05) is 7.11 Å². The van der Waals surface area contributed by atoms with Gasteiger partial charge < -0.3 is 9.47 Å². The summed E-state index contributed by atoms with van der Waals surface area (Å²) in [6.07, 6.45) is 0.984. The van der Waals surface area contributed by atoms with Gasteiger partial charge in [0.05, 0.1) is 7.11 Å². The Hall–Kier alpha value is -1.18. The van der Waals surface area contributed by atoms with Crippen LogP contribution in [-0.4, -0.2) is 12.7 Å². The fraction of sp³-hybridized carbons (Fsp3) is 0.571. The third-order valence-electron chi connectivity index (χ3n) is 2.93. The Kier molecular flexibility index (Phi) is 3.84. The van der Waals surface area contributed by atoms with Gasteiger partial charge in [0.25, 0.3) is 0 Å². The van der Waals surface area contributed by atoms with Crippen molar-refractivity contribution >= 4 is 0 Å². The first-order valence-electron chi connectivity index (χ1n) is 5.74. The summed E-state index contributed by atoms with van der Waals surface area (Å²) >= 11 is 0. The lowest BCUT2D eigenvalue weighted by atomic mass is 10.1. The van der Waals surface area contributed by atoms with E-state index in [-0.39, 0.29) is 5.60 Å². The van der Waals surface area contributed by atoms with E-state index in [1.165, 1.54) is 0 Å². The minimum absolute atomic E-state index is 0.119. The van der Waals surface area contributed by atoms with Crippen LogP contribution in [0.4, 0.5) is 0 Å². The van der Waals surface area contributed by atoms with Crippen LogP contribution in [0, 0.1) is 13.8 Å². The highest BCUT2D eigenvalue weighted by atomic mass is 16.5. The summed E-state index contributed by atoms with van der Waals surface area (Å²) in [4.78, 5) is 0. The normalized spacial score (nSPS) is 11.4. The van der Waals surface area contributed by atoms with E-state index in [1.807, 2.05) is 26.0 Å². The molecule has 0 aliphatic rings. The zero-order valence-electron chi connectivity index (χ0n) is 11.2. The summed E-state index contributed by atoms with van der Waals surface area (Å²) in [5, 5.41) is 0. The van der Waals surface area contributed by atoms with Gasteiger partial charge in [0.15, 0.2) is 0 Å². The molecule has 0 spiro atoms. The molecule has 0 saturated heterocycles. The van der Waals surface area contributed by atoms with E-state index < -0.39 is 0 Å². The van der Waals surface area contributed by atoms with E-state index in [4.69, 9.17) is 9.47 Å². The fourth-order valence-electron chi connectivity index (χ4n) is 1.46. The quantitative estimate of drug-likeness (QED) is 0.769. The van der Waals surface area contributed by atoms with Gasteiger partial charge in [0.2, 0.25) is 0 Å². The van der Waals surface area contributed by atoms with Gasteiger partial charge in [-0.15, -0.1) is 0 Å². The van der Waals surface area contributed by atoms with E-state index in [9.17, 15) is 0 Å². The second-order valence-corrected chi connectivity index (χ2v) is 4.80. The van der Waals surface area contributed by atoms with Crippen LogP contribution in [0.15, 0.2) is 12.1 Å². The van der Waals surface area contributed by atoms with Crippen molar-refractivity contribution < 1.29 is 9.47 Å². The minimum Gasteiger partial charge on any atom is -0.496 e. The summed E-state index contributed by atoms with van der Waals surface area (Å²) in [6, 6.07) is 4.07. The first kappa shape index (κ1) is 12.9. The third kappa shape index (κ3) is 2.91. The molecule has 1 aromatic rings. The monoisotopic (exact) mass is 222 g/mol. The molecule has 0 radical (unpaired) electrons. The molecule has 0 bridgehead atoms. The van der Waals surface area contributed by atoms with E-state index in [0.29, 0.717) is 0 Å². The molecule has 1 rings (SSSR count). The molecule has 0 atom stereocenters. The highest BCUT2D eigenvalue weighted by Crippen LogP contribution is 2.30. The molecule has 0 unspecified atom stereocenters.